The van der Waals surface area contributed by atoms with E-state index in [9.17, 15) is 8.78 Å². The summed E-state index contributed by atoms with van der Waals surface area (Å²) >= 11 is 0. The van der Waals surface area contributed by atoms with Crippen molar-refractivity contribution in [2.24, 2.45) is 10.8 Å². The van der Waals surface area contributed by atoms with Crippen LogP contribution in [-0.4, -0.2) is 82.6 Å². The van der Waals surface area contributed by atoms with Crippen LogP contribution in [0.1, 0.15) is 0 Å². The lowest BCUT2D eigenvalue weighted by molar-refractivity contribution is 0.106. The molecule has 0 aliphatic rings. The normalized spacial score (nSPS) is 10.7. The van der Waals surface area contributed by atoms with Gasteiger partial charge < -0.3 is 34.6 Å². The molecule has 0 fully saturated rings. The number of aromatic amines is 2. The number of benzene rings is 4. The maximum atomic E-state index is 13.4. The highest BCUT2D eigenvalue weighted by molar-refractivity contribution is 5.82. The van der Waals surface area contributed by atoms with Crippen LogP contribution >= 0.6 is 0 Å². The fourth-order valence-corrected chi connectivity index (χ4v) is 6.40. The van der Waals surface area contributed by atoms with Crippen LogP contribution in [0.3, 0.4) is 0 Å². The van der Waals surface area contributed by atoms with Gasteiger partial charge in [-0.25, -0.2) is 18.7 Å². The van der Waals surface area contributed by atoms with Crippen molar-refractivity contribution < 1.29 is 27.7 Å². The van der Waals surface area contributed by atoms with Crippen molar-refractivity contribution in [1.29, 1.82) is 0 Å². The van der Waals surface area contributed by atoms with Crippen molar-refractivity contribution in [3.8, 4) is 79.3 Å². The predicted molar refractivity (Wildman–Crippen MR) is 241 cm³/mol. The molecule has 0 amide bonds. The molecule has 0 radical (unpaired) electrons. The molecular weight excluding hydrogens is 819 g/mol. The molecule has 0 atom stereocenters. The van der Waals surface area contributed by atoms with E-state index in [-0.39, 0.29) is 11.6 Å². The van der Waals surface area contributed by atoms with Crippen molar-refractivity contribution in [2.45, 2.75) is 0 Å². The highest BCUT2D eigenvalue weighted by Gasteiger charge is 2.17. The Hall–Kier alpha value is -7.75. The van der Waals surface area contributed by atoms with E-state index in [0.717, 1.165) is 61.9 Å². The zero-order chi connectivity index (χ0) is 44.4. The first-order chi connectivity index (χ1) is 31.5. The number of azide groups is 1. The molecule has 0 saturated heterocycles. The number of aromatic nitrogens is 6. The SMILES string of the molecule is NCCOCCOc1ccc(-c2nc(-c3ccc(F)cc3)c(-c3ccncc3)[nH]2)cc1.[N-]=[N+]=NCCOCCOc1ccc(-c2nc(-c3ccc(F)cc3)c(-c3ccncc3)[nH]2)cc1. The van der Waals surface area contributed by atoms with Crippen LogP contribution in [0.15, 0.2) is 151 Å². The molecule has 0 aliphatic heterocycles. The number of nitrogens with one attached hydrogen (secondary N) is 2. The number of ether oxygens (including phenoxy) is 4. The number of pyridine rings is 2. The zero-order valence-corrected chi connectivity index (χ0v) is 34.6. The quantitative estimate of drug-likeness (QED) is 0.0307. The van der Waals surface area contributed by atoms with Crippen LogP contribution in [0.2, 0.25) is 0 Å². The standard InChI is InChI=1S/C24H21FN6O2.C24H23FN4O2/c25-20-5-1-17(2-6-20)22-23(18-9-11-27-12-10-18)30-24(29-22)19-3-7-21(8-4-19)33-16-15-32-14-13-28-31-26;25-20-5-1-17(2-6-20)22-23(18-9-12-27-13-10-18)29-24(28-22)19-3-7-21(8-4-19)31-16-15-30-14-11-26/h1-12H,13-16H2,(H,29,30);1-10,12-13H,11,14-16,26H2,(H,28,29). The number of rotatable bonds is 19. The van der Waals surface area contributed by atoms with Gasteiger partial charge in [-0.05, 0) is 127 Å². The molecule has 4 aromatic carbocycles. The molecule has 4 N–H and O–H groups in total. The molecule has 4 heterocycles. The first-order valence-corrected chi connectivity index (χ1v) is 20.3. The maximum absolute atomic E-state index is 13.4. The number of hydrogen-bond donors (Lipinski definition) is 3. The van der Waals surface area contributed by atoms with Gasteiger partial charge in [0, 0.05) is 76.2 Å². The Labute approximate surface area is 367 Å². The van der Waals surface area contributed by atoms with E-state index in [1.165, 1.54) is 24.3 Å². The monoisotopic (exact) mass is 862 g/mol. The second kappa shape index (κ2) is 22.9. The first-order valence-electron chi connectivity index (χ1n) is 20.3. The molecular formula is C48H44F2N10O4. The molecule has 0 saturated carbocycles. The summed E-state index contributed by atoms with van der Waals surface area (Å²) in [5, 5.41) is 3.40. The van der Waals surface area contributed by atoms with Crippen LogP contribution in [-0.2, 0) is 9.47 Å². The van der Waals surface area contributed by atoms with E-state index in [1.54, 1.807) is 49.1 Å². The average molecular weight is 863 g/mol. The number of nitrogens with zero attached hydrogens (tertiary/aromatic N) is 7. The van der Waals surface area contributed by atoms with E-state index in [4.69, 9.17) is 40.2 Å². The smallest absolute Gasteiger partial charge is 0.138 e. The Morgan fingerprint density at radius 2 is 0.906 bits per heavy atom. The molecule has 16 heteroatoms. The second-order valence-corrected chi connectivity index (χ2v) is 13.8. The molecule has 8 aromatic rings. The van der Waals surface area contributed by atoms with Crippen LogP contribution in [0.25, 0.3) is 78.2 Å². The summed E-state index contributed by atoms with van der Waals surface area (Å²) < 4.78 is 48.9. The van der Waals surface area contributed by atoms with E-state index >= 15 is 0 Å². The van der Waals surface area contributed by atoms with Gasteiger partial charge >= 0.3 is 0 Å². The molecule has 0 bridgehead atoms. The van der Waals surface area contributed by atoms with Crippen LogP contribution in [0, 0.1) is 11.6 Å². The van der Waals surface area contributed by atoms with Gasteiger partial charge in [0.05, 0.1) is 49.2 Å². The Morgan fingerprint density at radius 1 is 0.500 bits per heavy atom. The van der Waals surface area contributed by atoms with Gasteiger partial charge in [-0.3, -0.25) is 9.97 Å². The summed E-state index contributed by atoms with van der Waals surface area (Å²) in [6.07, 6.45) is 6.90. The minimum Gasteiger partial charge on any atom is -0.491 e. The largest absolute Gasteiger partial charge is 0.491 e. The topological polar surface area (TPSA) is 195 Å². The lowest BCUT2D eigenvalue weighted by atomic mass is 10.1. The summed E-state index contributed by atoms with van der Waals surface area (Å²) in [7, 11) is 0. The Morgan fingerprint density at radius 3 is 1.31 bits per heavy atom. The Balaban J connectivity index is 0.000000192. The van der Waals surface area contributed by atoms with Gasteiger partial charge in [0.25, 0.3) is 0 Å². The lowest BCUT2D eigenvalue weighted by Crippen LogP contribution is -2.13. The van der Waals surface area contributed by atoms with Crippen molar-refractivity contribution in [1.82, 2.24) is 29.9 Å². The number of imidazole rings is 2. The maximum Gasteiger partial charge on any atom is 0.138 e. The van der Waals surface area contributed by atoms with Crippen LogP contribution in [0.5, 0.6) is 11.5 Å². The van der Waals surface area contributed by atoms with Gasteiger partial charge in [0.2, 0.25) is 0 Å². The minimum absolute atomic E-state index is 0.283. The summed E-state index contributed by atoms with van der Waals surface area (Å²) in [5.41, 5.74) is 22.1. The van der Waals surface area contributed by atoms with Gasteiger partial charge in [0.1, 0.15) is 48.0 Å². The lowest BCUT2D eigenvalue weighted by Gasteiger charge is -2.07. The van der Waals surface area contributed by atoms with Crippen molar-refractivity contribution in [3.05, 3.63) is 168 Å². The highest BCUT2D eigenvalue weighted by atomic mass is 19.1. The molecule has 0 spiro atoms. The van der Waals surface area contributed by atoms with E-state index < -0.39 is 0 Å². The van der Waals surface area contributed by atoms with Gasteiger partial charge in [-0.2, -0.15) is 0 Å². The van der Waals surface area contributed by atoms with Gasteiger partial charge in [-0.1, -0.05) is 5.11 Å². The molecule has 64 heavy (non-hydrogen) atoms. The zero-order valence-electron chi connectivity index (χ0n) is 34.6. The molecule has 8 rings (SSSR count). The fourth-order valence-electron chi connectivity index (χ4n) is 6.40. The summed E-state index contributed by atoms with van der Waals surface area (Å²) in [6, 6.07) is 35.4. The van der Waals surface area contributed by atoms with Crippen molar-refractivity contribution >= 4 is 0 Å². The molecule has 0 aliphatic carbocycles. The van der Waals surface area contributed by atoms with E-state index in [2.05, 4.69) is 30.0 Å². The predicted octanol–water partition coefficient (Wildman–Crippen LogP) is 9.95. The van der Waals surface area contributed by atoms with Crippen LogP contribution < -0.4 is 15.2 Å². The number of H-pyrrole nitrogens is 2. The Bertz CT molecular complexity index is 2690. The van der Waals surface area contributed by atoms with Gasteiger partial charge in [-0.15, -0.1) is 0 Å². The summed E-state index contributed by atoms with van der Waals surface area (Å²) in [4.78, 5) is 27.3. The van der Waals surface area contributed by atoms with Crippen molar-refractivity contribution in [3.63, 3.8) is 0 Å². The third kappa shape index (κ3) is 12.2. The van der Waals surface area contributed by atoms with Crippen molar-refractivity contribution in [2.75, 3.05) is 52.7 Å². The summed E-state index contributed by atoms with van der Waals surface area (Å²) in [5.74, 6) is 2.28. The number of hydrogen-bond acceptors (Lipinski definition) is 10. The molecule has 14 nitrogen and oxygen atoms in total. The minimum atomic E-state index is -0.295. The fraction of sp³-hybridized carbons (Fsp3) is 0.167. The first kappa shape index (κ1) is 44.3. The summed E-state index contributed by atoms with van der Waals surface area (Å²) in [6.45, 7) is 3.43. The third-order valence-corrected chi connectivity index (χ3v) is 9.49. The van der Waals surface area contributed by atoms with Crippen LogP contribution in [0.4, 0.5) is 8.78 Å². The molecule has 0 unspecified atom stereocenters. The highest BCUT2D eigenvalue weighted by Crippen LogP contribution is 2.35. The number of halogens is 2. The molecule has 324 valence electrons. The van der Waals surface area contributed by atoms with E-state index in [0.29, 0.717) is 70.1 Å². The second-order valence-electron chi connectivity index (χ2n) is 13.8. The average Bonchev–Trinajstić information content (AvgIpc) is 4.00. The Kier molecular flexibility index (Phi) is 15.9. The molecule has 4 aromatic heterocycles. The number of nitrogens with two attached hydrogens (primary N) is 1. The van der Waals surface area contributed by atoms with E-state index in [1.807, 2.05) is 72.8 Å². The van der Waals surface area contributed by atoms with Gasteiger partial charge in [0.15, 0.2) is 0 Å². The third-order valence-electron chi connectivity index (χ3n) is 9.49.